The molecule has 1 atom stereocenters. The standard InChI is InChI=1S/C15H16N4O3S/c1-8-4-12(20)18-14(16-8)10(3)22-13(21)5-11-6-19-9(2)7-23-15(19)17-11/h4,6-7,10H,5H2,1-3H3,(H,16,18,20). The molecule has 3 heterocycles. The summed E-state index contributed by atoms with van der Waals surface area (Å²) >= 11 is 1.53. The summed E-state index contributed by atoms with van der Waals surface area (Å²) in [6.07, 6.45) is 1.29. The van der Waals surface area contributed by atoms with Gasteiger partial charge < -0.3 is 9.72 Å². The maximum Gasteiger partial charge on any atom is 0.312 e. The number of H-pyrrole nitrogens is 1. The molecule has 23 heavy (non-hydrogen) atoms. The lowest BCUT2D eigenvalue weighted by Crippen LogP contribution is -2.18. The molecule has 1 unspecified atom stereocenters. The summed E-state index contributed by atoms with van der Waals surface area (Å²) < 4.78 is 7.28. The van der Waals surface area contributed by atoms with Crippen LogP contribution in [0.5, 0.6) is 0 Å². The van der Waals surface area contributed by atoms with Gasteiger partial charge in [-0.2, -0.15) is 0 Å². The zero-order valence-corrected chi connectivity index (χ0v) is 13.8. The molecule has 1 N–H and O–H groups in total. The van der Waals surface area contributed by atoms with Crippen LogP contribution in [-0.4, -0.2) is 25.3 Å². The fourth-order valence-electron chi connectivity index (χ4n) is 2.26. The number of nitrogens with one attached hydrogen (secondary N) is 1. The van der Waals surface area contributed by atoms with E-state index in [1.807, 2.05) is 22.9 Å². The molecule has 8 heteroatoms. The molecule has 120 valence electrons. The van der Waals surface area contributed by atoms with Crippen molar-refractivity contribution in [3.63, 3.8) is 0 Å². The molecule has 0 radical (unpaired) electrons. The molecule has 3 rings (SSSR count). The minimum atomic E-state index is -0.624. The molecule has 0 saturated heterocycles. The van der Waals surface area contributed by atoms with Gasteiger partial charge in [0, 0.05) is 29.0 Å². The van der Waals surface area contributed by atoms with Crippen molar-refractivity contribution in [2.75, 3.05) is 0 Å². The number of imidazole rings is 1. The zero-order chi connectivity index (χ0) is 16.6. The van der Waals surface area contributed by atoms with Gasteiger partial charge >= 0.3 is 5.97 Å². The smallest absolute Gasteiger partial charge is 0.312 e. The van der Waals surface area contributed by atoms with Gasteiger partial charge in [-0.25, -0.2) is 9.97 Å². The van der Waals surface area contributed by atoms with E-state index in [1.165, 1.54) is 17.4 Å². The molecule has 3 aromatic heterocycles. The van der Waals surface area contributed by atoms with Crippen LogP contribution in [-0.2, 0) is 16.0 Å². The van der Waals surface area contributed by atoms with Gasteiger partial charge in [-0.3, -0.25) is 14.0 Å². The summed E-state index contributed by atoms with van der Waals surface area (Å²) in [4.78, 5) is 35.5. The Balaban J connectivity index is 1.69. The fourth-order valence-corrected chi connectivity index (χ4v) is 3.13. The first-order valence-corrected chi connectivity index (χ1v) is 8.00. The molecule has 0 aliphatic carbocycles. The van der Waals surface area contributed by atoms with E-state index >= 15 is 0 Å². The van der Waals surface area contributed by atoms with Crippen LogP contribution in [0, 0.1) is 13.8 Å². The Morgan fingerprint density at radius 3 is 2.91 bits per heavy atom. The second kappa shape index (κ2) is 5.96. The third-order valence-corrected chi connectivity index (χ3v) is 4.30. The predicted octanol–water partition coefficient (Wildman–Crippen LogP) is 1.94. The van der Waals surface area contributed by atoms with Crippen molar-refractivity contribution in [1.82, 2.24) is 19.4 Å². The third-order valence-electron chi connectivity index (χ3n) is 3.35. The quantitative estimate of drug-likeness (QED) is 0.738. The van der Waals surface area contributed by atoms with Crippen molar-refractivity contribution < 1.29 is 9.53 Å². The van der Waals surface area contributed by atoms with Crippen molar-refractivity contribution in [2.24, 2.45) is 0 Å². The predicted molar refractivity (Wildman–Crippen MR) is 85.6 cm³/mol. The van der Waals surface area contributed by atoms with Gasteiger partial charge in [-0.15, -0.1) is 11.3 Å². The SMILES string of the molecule is Cc1cc(=O)[nH]c(C(C)OC(=O)Cc2cn3c(C)csc3n2)n1. The van der Waals surface area contributed by atoms with Gasteiger partial charge in [0.1, 0.15) is 5.82 Å². The van der Waals surface area contributed by atoms with Crippen LogP contribution < -0.4 is 5.56 Å². The Bertz CT molecular complexity index is 924. The minimum Gasteiger partial charge on any atom is -0.454 e. The second-order valence-electron chi connectivity index (χ2n) is 5.34. The van der Waals surface area contributed by atoms with Crippen molar-refractivity contribution in [3.8, 4) is 0 Å². The topological polar surface area (TPSA) is 89.4 Å². The average molecular weight is 332 g/mol. The number of aryl methyl sites for hydroxylation is 2. The minimum absolute atomic E-state index is 0.0776. The highest BCUT2D eigenvalue weighted by Crippen LogP contribution is 2.17. The maximum atomic E-state index is 12.1. The van der Waals surface area contributed by atoms with Gasteiger partial charge in [-0.05, 0) is 20.8 Å². The number of fused-ring (bicyclic) bond motifs is 1. The summed E-state index contributed by atoms with van der Waals surface area (Å²) in [7, 11) is 0. The molecule has 7 nitrogen and oxygen atoms in total. The van der Waals surface area contributed by atoms with E-state index in [1.54, 1.807) is 13.8 Å². The number of thiazole rings is 1. The van der Waals surface area contributed by atoms with Crippen molar-refractivity contribution in [2.45, 2.75) is 33.3 Å². The molecule has 0 spiro atoms. The third kappa shape index (κ3) is 3.31. The van der Waals surface area contributed by atoms with E-state index in [2.05, 4.69) is 15.0 Å². The van der Waals surface area contributed by atoms with Gasteiger partial charge in [0.2, 0.25) is 0 Å². The number of aromatic amines is 1. The zero-order valence-electron chi connectivity index (χ0n) is 13.0. The number of hydrogen-bond donors (Lipinski definition) is 1. The Labute approximate surface area is 136 Å². The Hall–Kier alpha value is -2.48. The molecule has 0 aromatic carbocycles. The number of hydrogen-bond acceptors (Lipinski definition) is 6. The highest BCUT2D eigenvalue weighted by atomic mass is 32.1. The van der Waals surface area contributed by atoms with E-state index in [0.717, 1.165) is 10.7 Å². The number of aromatic nitrogens is 4. The molecule has 0 amide bonds. The first-order valence-electron chi connectivity index (χ1n) is 7.12. The number of ether oxygens (including phenoxy) is 1. The lowest BCUT2D eigenvalue weighted by Gasteiger charge is -2.12. The molecular formula is C15H16N4O3S. The summed E-state index contributed by atoms with van der Waals surface area (Å²) in [5.41, 5.74) is 2.05. The fraction of sp³-hybridized carbons (Fsp3) is 0.333. The molecule has 0 aliphatic heterocycles. The average Bonchev–Trinajstić information content (AvgIpc) is 2.99. The summed E-state index contributed by atoms with van der Waals surface area (Å²) in [5.74, 6) is -0.0740. The summed E-state index contributed by atoms with van der Waals surface area (Å²) in [5, 5.41) is 2.01. The molecular weight excluding hydrogens is 316 g/mol. The van der Waals surface area contributed by atoms with Gasteiger partial charge in [0.15, 0.2) is 11.1 Å². The van der Waals surface area contributed by atoms with Gasteiger partial charge in [0.05, 0.1) is 12.1 Å². The molecule has 3 aromatic rings. The van der Waals surface area contributed by atoms with Crippen LogP contribution in [0.15, 0.2) is 22.4 Å². The second-order valence-corrected chi connectivity index (χ2v) is 6.18. The van der Waals surface area contributed by atoms with Crippen LogP contribution in [0.1, 0.15) is 35.9 Å². The Morgan fingerprint density at radius 2 is 2.22 bits per heavy atom. The van der Waals surface area contributed by atoms with Crippen molar-refractivity contribution in [1.29, 1.82) is 0 Å². The first kappa shape index (κ1) is 15.4. The number of carbonyl (C=O) groups excluding carboxylic acids is 1. The normalized spacial score (nSPS) is 12.5. The van der Waals surface area contributed by atoms with Crippen molar-refractivity contribution in [3.05, 3.63) is 50.9 Å². The summed E-state index contributed by atoms with van der Waals surface area (Å²) in [6, 6.07) is 1.39. The number of rotatable bonds is 4. The van der Waals surface area contributed by atoms with E-state index < -0.39 is 12.1 Å². The molecule has 0 aliphatic rings. The monoisotopic (exact) mass is 332 g/mol. The highest BCUT2D eigenvalue weighted by molar-refractivity contribution is 7.15. The van der Waals surface area contributed by atoms with Crippen LogP contribution >= 0.6 is 11.3 Å². The van der Waals surface area contributed by atoms with Crippen LogP contribution in [0.3, 0.4) is 0 Å². The van der Waals surface area contributed by atoms with Crippen LogP contribution in [0.25, 0.3) is 4.96 Å². The largest absolute Gasteiger partial charge is 0.454 e. The molecule has 0 saturated carbocycles. The maximum absolute atomic E-state index is 12.1. The van der Waals surface area contributed by atoms with Gasteiger partial charge in [0.25, 0.3) is 5.56 Å². The van der Waals surface area contributed by atoms with Crippen LogP contribution in [0.4, 0.5) is 0 Å². The van der Waals surface area contributed by atoms with E-state index in [9.17, 15) is 9.59 Å². The lowest BCUT2D eigenvalue weighted by molar-refractivity contribution is -0.148. The van der Waals surface area contributed by atoms with Crippen LogP contribution in [0.2, 0.25) is 0 Å². The summed E-state index contributed by atoms with van der Waals surface area (Å²) in [6.45, 7) is 5.37. The Kier molecular flexibility index (Phi) is 3.99. The highest BCUT2D eigenvalue weighted by Gasteiger charge is 2.16. The lowest BCUT2D eigenvalue weighted by atomic mass is 10.3. The number of esters is 1. The number of nitrogens with zero attached hydrogens (tertiary/aromatic N) is 3. The number of carbonyl (C=O) groups is 1. The van der Waals surface area contributed by atoms with E-state index in [0.29, 0.717) is 17.2 Å². The first-order chi connectivity index (χ1) is 10.9. The Morgan fingerprint density at radius 1 is 1.43 bits per heavy atom. The van der Waals surface area contributed by atoms with E-state index in [4.69, 9.17) is 4.74 Å². The van der Waals surface area contributed by atoms with Gasteiger partial charge in [-0.1, -0.05) is 0 Å². The van der Waals surface area contributed by atoms with Crippen molar-refractivity contribution >= 4 is 22.3 Å². The molecule has 0 bridgehead atoms. The molecule has 0 fully saturated rings. The van der Waals surface area contributed by atoms with E-state index in [-0.39, 0.29) is 12.0 Å².